The molecule has 1 heterocycles. The molecular weight excluding hydrogens is 627 g/mol. The van der Waals surface area contributed by atoms with E-state index in [-0.39, 0.29) is 27.9 Å². The third kappa shape index (κ3) is 7.02. The molecule has 0 unspecified atom stereocenters. The summed E-state index contributed by atoms with van der Waals surface area (Å²) in [6, 6.07) is 17.9. The number of aryl methyl sites for hydroxylation is 2. The first kappa shape index (κ1) is 36.1. The second-order valence-corrected chi connectivity index (χ2v) is 12.9. The minimum Gasteiger partial charge on any atom is -0.282 e. The summed E-state index contributed by atoms with van der Waals surface area (Å²) < 4.78 is 68.8. The number of carbonyl (C=O) groups is 2. The standard InChI is InChI=1S/C31H25NO8S2.2C2H6/c1-17(2)23-10-6-20(14-19(23)4)21-7-11-26-27(15-21)31(34)32(30(26)33)22-8-12-25(29(16-22)42(38,39)40)24-9-5-18(3)13-28(24)41(35,36)37;2*1-2/h5-16H,1H2,2-4H3,(H,35,36,37)(H,38,39,40);2*1-2H3. The number of allylic oxidation sites excluding steroid dienone is 1. The van der Waals surface area contributed by atoms with Crippen molar-refractivity contribution in [3.8, 4) is 22.3 Å². The van der Waals surface area contributed by atoms with E-state index in [4.69, 9.17) is 0 Å². The summed E-state index contributed by atoms with van der Waals surface area (Å²) in [5.74, 6) is -1.39. The monoisotopic (exact) mass is 663 g/mol. The van der Waals surface area contributed by atoms with Gasteiger partial charge in [0.05, 0.1) is 16.8 Å². The van der Waals surface area contributed by atoms with Crippen molar-refractivity contribution in [2.24, 2.45) is 0 Å². The number of rotatable bonds is 6. The molecule has 0 saturated heterocycles. The van der Waals surface area contributed by atoms with Crippen LogP contribution in [0.1, 0.15) is 72.0 Å². The highest BCUT2D eigenvalue weighted by atomic mass is 32.2. The van der Waals surface area contributed by atoms with Crippen LogP contribution in [0.15, 0.2) is 89.2 Å². The Hall–Kier alpha value is -4.42. The van der Waals surface area contributed by atoms with E-state index in [0.29, 0.717) is 11.1 Å². The number of fused-ring (bicyclic) bond motifs is 1. The molecule has 0 saturated carbocycles. The number of hydrogen-bond donors (Lipinski definition) is 2. The first-order chi connectivity index (χ1) is 21.6. The number of nitrogens with zero attached hydrogens (tertiary/aromatic N) is 1. The van der Waals surface area contributed by atoms with Gasteiger partial charge in [-0.1, -0.05) is 82.3 Å². The Kier molecular flexibility index (Phi) is 10.9. The molecule has 242 valence electrons. The zero-order chi connectivity index (χ0) is 34.7. The Balaban J connectivity index is 0.00000139. The summed E-state index contributed by atoms with van der Waals surface area (Å²) >= 11 is 0. The van der Waals surface area contributed by atoms with E-state index in [9.17, 15) is 35.5 Å². The van der Waals surface area contributed by atoms with Gasteiger partial charge in [-0.2, -0.15) is 16.8 Å². The van der Waals surface area contributed by atoms with Gasteiger partial charge >= 0.3 is 0 Å². The lowest BCUT2D eigenvalue weighted by Gasteiger charge is -2.17. The summed E-state index contributed by atoms with van der Waals surface area (Å²) in [4.78, 5) is 26.3. The van der Waals surface area contributed by atoms with Gasteiger partial charge in [-0.15, -0.1) is 0 Å². The summed E-state index contributed by atoms with van der Waals surface area (Å²) in [5, 5.41) is 0. The SMILES string of the molecule is C=C(C)c1ccc(-c2ccc3c(c2)C(=O)N(c2ccc(-c4ccc(C)cc4S(=O)(=O)O)c(S(=O)(=O)O)c2)C3=O)cc1C.CC.CC. The molecule has 0 fully saturated rings. The molecule has 1 aliphatic rings. The second-order valence-electron chi connectivity index (χ2n) is 10.1. The molecule has 11 heteroatoms. The van der Waals surface area contributed by atoms with E-state index in [1.54, 1.807) is 19.1 Å². The van der Waals surface area contributed by atoms with Gasteiger partial charge in [-0.05, 0) is 78.9 Å². The van der Waals surface area contributed by atoms with Gasteiger partial charge in [0.1, 0.15) is 9.79 Å². The molecule has 46 heavy (non-hydrogen) atoms. The lowest BCUT2D eigenvalue weighted by Crippen LogP contribution is -2.29. The summed E-state index contributed by atoms with van der Waals surface area (Å²) in [7, 11) is -9.78. The van der Waals surface area contributed by atoms with Crippen LogP contribution in [0.5, 0.6) is 0 Å². The van der Waals surface area contributed by atoms with Gasteiger partial charge in [0.25, 0.3) is 32.1 Å². The van der Waals surface area contributed by atoms with Crippen molar-refractivity contribution in [1.29, 1.82) is 0 Å². The van der Waals surface area contributed by atoms with Gasteiger partial charge in [0.2, 0.25) is 0 Å². The molecule has 0 aromatic heterocycles. The Morgan fingerprint density at radius 1 is 0.630 bits per heavy atom. The summed E-state index contributed by atoms with van der Waals surface area (Å²) in [5.41, 5.74) is 4.54. The van der Waals surface area contributed by atoms with Crippen molar-refractivity contribution < 1.29 is 35.5 Å². The lowest BCUT2D eigenvalue weighted by molar-refractivity contribution is 0.0926. The highest BCUT2D eigenvalue weighted by molar-refractivity contribution is 7.86. The Morgan fingerprint density at radius 3 is 1.65 bits per heavy atom. The zero-order valence-corrected chi connectivity index (χ0v) is 28.4. The van der Waals surface area contributed by atoms with Crippen LogP contribution in [0.2, 0.25) is 0 Å². The average Bonchev–Trinajstić information content (AvgIpc) is 3.26. The average molecular weight is 664 g/mol. The quantitative estimate of drug-likeness (QED) is 0.156. The predicted octanol–water partition coefficient (Wildman–Crippen LogP) is 8.02. The summed E-state index contributed by atoms with van der Waals surface area (Å²) in [6.07, 6.45) is 0. The van der Waals surface area contributed by atoms with Crippen LogP contribution in [0.4, 0.5) is 5.69 Å². The second kappa shape index (κ2) is 13.9. The fourth-order valence-corrected chi connectivity index (χ4v) is 6.64. The van der Waals surface area contributed by atoms with E-state index in [1.165, 1.54) is 30.3 Å². The molecule has 2 N–H and O–H groups in total. The molecule has 0 aliphatic carbocycles. The van der Waals surface area contributed by atoms with Crippen LogP contribution < -0.4 is 4.90 Å². The van der Waals surface area contributed by atoms with Crippen LogP contribution in [-0.2, 0) is 20.2 Å². The van der Waals surface area contributed by atoms with Crippen molar-refractivity contribution >= 4 is 43.3 Å². The number of amides is 2. The Morgan fingerprint density at radius 2 is 1.11 bits per heavy atom. The first-order valence-electron chi connectivity index (χ1n) is 14.6. The van der Waals surface area contributed by atoms with Crippen LogP contribution >= 0.6 is 0 Å². The lowest BCUT2D eigenvalue weighted by atomic mass is 9.95. The molecular formula is C35H37NO8S2. The third-order valence-corrected chi connectivity index (χ3v) is 8.90. The number of anilines is 1. The van der Waals surface area contributed by atoms with Crippen LogP contribution in [0.25, 0.3) is 27.8 Å². The van der Waals surface area contributed by atoms with Crippen molar-refractivity contribution in [2.45, 2.75) is 58.3 Å². The molecule has 5 rings (SSSR count). The van der Waals surface area contributed by atoms with Gasteiger partial charge in [0, 0.05) is 11.1 Å². The zero-order valence-electron chi connectivity index (χ0n) is 26.7. The van der Waals surface area contributed by atoms with Crippen LogP contribution in [0.3, 0.4) is 0 Å². The van der Waals surface area contributed by atoms with Gasteiger partial charge in [-0.25, -0.2) is 4.90 Å². The topological polar surface area (TPSA) is 146 Å². The predicted molar refractivity (Wildman–Crippen MR) is 181 cm³/mol. The van der Waals surface area contributed by atoms with Crippen molar-refractivity contribution in [3.05, 3.63) is 107 Å². The van der Waals surface area contributed by atoms with Gasteiger partial charge < -0.3 is 0 Å². The normalized spacial score (nSPS) is 12.5. The van der Waals surface area contributed by atoms with Crippen molar-refractivity contribution in [3.63, 3.8) is 0 Å². The van der Waals surface area contributed by atoms with E-state index >= 15 is 0 Å². The number of hydrogen-bond acceptors (Lipinski definition) is 6. The number of imide groups is 1. The largest absolute Gasteiger partial charge is 0.295 e. The van der Waals surface area contributed by atoms with E-state index < -0.39 is 41.8 Å². The highest BCUT2D eigenvalue weighted by Crippen LogP contribution is 2.38. The van der Waals surface area contributed by atoms with Crippen LogP contribution in [0, 0.1) is 13.8 Å². The van der Waals surface area contributed by atoms with Crippen molar-refractivity contribution in [2.75, 3.05) is 4.90 Å². The summed E-state index contributed by atoms with van der Waals surface area (Å²) in [6.45, 7) is 17.4. The Labute approximate surface area is 270 Å². The molecule has 0 radical (unpaired) electrons. The smallest absolute Gasteiger partial charge is 0.282 e. The van der Waals surface area contributed by atoms with Gasteiger partial charge in [-0.3, -0.25) is 18.7 Å². The van der Waals surface area contributed by atoms with E-state index in [2.05, 4.69) is 6.58 Å². The number of carbonyl (C=O) groups excluding carboxylic acids is 2. The van der Waals surface area contributed by atoms with E-state index in [0.717, 1.165) is 39.3 Å². The molecule has 4 aromatic rings. The minimum absolute atomic E-state index is 0.115. The van der Waals surface area contributed by atoms with Crippen molar-refractivity contribution in [1.82, 2.24) is 0 Å². The fraction of sp³-hybridized carbons (Fsp3) is 0.200. The molecule has 4 aromatic carbocycles. The van der Waals surface area contributed by atoms with Crippen LogP contribution in [-0.4, -0.2) is 37.8 Å². The third-order valence-electron chi connectivity index (χ3n) is 7.11. The van der Waals surface area contributed by atoms with E-state index in [1.807, 2.05) is 59.7 Å². The molecule has 2 amide bonds. The molecule has 0 spiro atoms. The van der Waals surface area contributed by atoms with Gasteiger partial charge in [0.15, 0.2) is 0 Å². The first-order valence-corrected chi connectivity index (χ1v) is 17.5. The maximum Gasteiger partial charge on any atom is 0.295 e. The molecule has 9 nitrogen and oxygen atoms in total. The highest BCUT2D eigenvalue weighted by Gasteiger charge is 2.38. The maximum atomic E-state index is 13.5. The minimum atomic E-state index is -5.00. The Bertz CT molecular complexity index is 2080. The molecule has 0 atom stereocenters. The number of benzene rings is 4. The fourth-order valence-electron chi connectivity index (χ4n) is 5.13. The molecule has 1 aliphatic heterocycles. The maximum absolute atomic E-state index is 13.5. The molecule has 0 bridgehead atoms.